The van der Waals surface area contributed by atoms with Crippen LogP contribution < -0.4 is 10.1 Å². The van der Waals surface area contributed by atoms with E-state index in [1.54, 1.807) is 18.7 Å². The lowest BCUT2D eigenvalue weighted by molar-refractivity contribution is -0.151. The molecular weight excluding hydrogens is 324 g/mol. The van der Waals surface area contributed by atoms with Crippen molar-refractivity contribution in [2.75, 3.05) is 19.7 Å². The molecule has 2 rings (SSSR count). The third-order valence-electron chi connectivity index (χ3n) is 3.33. The second-order valence-electron chi connectivity index (χ2n) is 5.09. The summed E-state index contributed by atoms with van der Waals surface area (Å²) in [6.07, 6.45) is 0. The SMILES string of the molecule is CC1(C)C(=O)NCC(=O)N1CCOc1ccc(Br)cc1. The number of benzene rings is 1. The van der Waals surface area contributed by atoms with E-state index in [0.29, 0.717) is 13.2 Å². The minimum absolute atomic E-state index is 0.0561. The van der Waals surface area contributed by atoms with Gasteiger partial charge in [-0.25, -0.2) is 0 Å². The molecule has 1 aromatic rings. The Morgan fingerprint density at radius 2 is 1.95 bits per heavy atom. The number of amides is 2. The summed E-state index contributed by atoms with van der Waals surface area (Å²) in [4.78, 5) is 25.2. The molecule has 0 spiro atoms. The largest absolute Gasteiger partial charge is 0.492 e. The molecule has 0 bridgehead atoms. The molecule has 6 heteroatoms. The topological polar surface area (TPSA) is 58.6 Å². The van der Waals surface area contributed by atoms with Gasteiger partial charge in [0.05, 0.1) is 13.1 Å². The summed E-state index contributed by atoms with van der Waals surface area (Å²) in [5, 5.41) is 2.59. The number of rotatable bonds is 4. The molecule has 0 atom stereocenters. The highest BCUT2D eigenvalue weighted by Gasteiger charge is 2.41. The molecule has 5 nitrogen and oxygen atoms in total. The van der Waals surface area contributed by atoms with Crippen LogP contribution in [0.1, 0.15) is 13.8 Å². The van der Waals surface area contributed by atoms with Crippen LogP contribution in [0.3, 0.4) is 0 Å². The molecular formula is C14H17BrN2O3. The number of hydrogen-bond donors (Lipinski definition) is 1. The fourth-order valence-corrected chi connectivity index (χ4v) is 2.36. The van der Waals surface area contributed by atoms with Gasteiger partial charge >= 0.3 is 0 Å². The number of piperazine rings is 1. The predicted octanol–water partition coefficient (Wildman–Crippen LogP) is 1.56. The normalized spacial score (nSPS) is 17.9. The van der Waals surface area contributed by atoms with E-state index >= 15 is 0 Å². The summed E-state index contributed by atoms with van der Waals surface area (Å²) in [7, 11) is 0. The Hall–Kier alpha value is -1.56. The summed E-state index contributed by atoms with van der Waals surface area (Å²) in [5.74, 6) is 0.509. The summed E-state index contributed by atoms with van der Waals surface area (Å²) < 4.78 is 6.57. The molecule has 0 saturated carbocycles. The van der Waals surface area contributed by atoms with Crippen molar-refractivity contribution in [3.63, 3.8) is 0 Å². The highest BCUT2D eigenvalue weighted by Crippen LogP contribution is 2.19. The first-order valence-corrected chi connectivity index (χ1v) is 7.17. The fraction of sp³-hybridized carbons (Fsp3) is 0.429. The third-order valence-corrected chi connectivity index (χ3v) is 3.86. The van der Waals surface area contributed by atoms with Crippen molar-refractivity contribution in [2.45, 2.75) is 19.4 Å². The van der Waals surface area contributed by atoms with Crippen molar-refractivity contribution in [2.24, 2.45) is 0 Å². The van der Waals surface area contributed by atoms with E-state index in [-0.39, 0.29) is 18.4 Å². The molecule has 2 amide bonds. The standard InChI is InChI=1S/C14H17BrN2O3/c1-14(2)13(19)16-9-12(18)17(14)7-8-20-11-5-3-10(15)4-6-11/h3-6H,7-9H2,1-2H3,(H,16,19). The number of nitrogens with one attached hydrogen (secondary N) is 1. The lowest BCUT2D eigenvalue weighted by atomic mass is 9.99. The van der Waals surface area contributed by atoms with Gasteiger partial charge in [0.15, 0.2) is 0 Å². The van der Waals surface area contributed by atoms with E-state index in [1.807, 2.05) is 24.3 Å². The highest BCUT2D eigenvalue weighted by atomic mass is 79.9. The Kier molecular flexibility index (Phi) is 4.32. The van der Waals surface area contributed by atoms with E-state index in [1.165, 1.54) is 0 Å². The van der Waals surface area contributed by atoms with Crippen LogP contribution >= 0.6 is 15.9 Å². The van der Waals surface area contributed by atoms with Crippen molar-refractivity contribution in [1.29, 1.82) is 0 Å². The van der Waals surface area contributed by atoms with Crippen LogP contribution in [0.5, 0.6) is 5.75 Å². The van der Waals surface area contributed by atoms with Crippen LogP contribution in [0.4, 0.5) is 0 Å². The Labute approximate surface area is 126 Å². The molecule has 1 aliphatic heterocycles. The molecule has 1 aromatic carbocycles. The Morgan fingerprint density at radius 3 is 2.60 bits per heavy atom. The van der Waals surface area contributed by atoms with Gasteiger partial charge in [0.1, 0.15) is 17.9 Å². The number of carbonyl (C=O) groups is 2. The molecule has 1 heterocycles. The first kappa shape index (κ1) is 14.8. The minimum Gasteiger partial charge on any atom is -0.492 e. The number of ether oxygens (including phenoxy) is 1. The lowest BCUT2D eigenvalue weighted by Crippen LogP contribution is -2.64. The van der Waals surface area contributed by atoms with Crippen LogP contribution in [0, 0.1) is 0 Å². The second-order valence-corrected chi connectivity index (χ2v) is 6.01. The van der Waals surface area contributed by atoms with Gasteiger partial charge in [-0.15, -0.1) is 0 Å². The van der Waals surface area contributed by atoms with Crippen LogP contribution in [0.15, 0.2) is 28.7 Å². The maximum Gasteiger partial charge on any atom is 0.245 e. The second kappa shape index (κ2) is 5.83. The molecule has 1 fully saturated rings. The molecule has 1 saturated heterocycles. The zero-order chi connectivity index (χ0) is 14.8. The Balaban J connectivity index is 1.93. The summed E-state index contributed by atoms with van der Waals surface area (Å²) >= 11 is 3.35. The van der Waals surface area contributed by atoms with Gasteiger partial charge < -0.3 is 15.0 Å². The van der Waals surface area contributed by atoms with Crippen LogP contribution in [-0.2, 0) is 9.59 Å². The van der Waals surface area contributed by atoms with Gasteiger partial charge in [-0.05, 0) is 38.1 Å². The first-order valence-electron chi connectivity index (χ1n) is 6.38. The van der Waals surface area contributed by atoms with Gasteiger partial charge in [0.25, 0.3) is 0 Å². The van der Waals surface area contributed by atoms with Crippen molar-refractivity contribution in [1.82, 2.24) is 10.2 Å². The smallest absolute Gasteiger partial charge is 0.245 e. The van der Waals surface area contributed by atoms with Crippen molar-refractivity contribution in [3.8, 4) is 5.75 Å². The Morgan fingerprint density at radius 1 is 1.30 bits per heavy atom. The highest BCUT2D eigenvalue weighted by molar-refractivity contribution is 9.10. The quantitative estimate of drug-likeness (QED) is 0.904. The molecule has 0 aromatic heterocycles. The zero-order valence-electron chi connectivity index (χ0n) is 11.5. The number of halogens is 1. The molecule has 0 radical (unpaired) electrons. The average molecular weight is 341 g/mol. The average Bonchev–Trinajstić information content (AvgIpc) is 2.40. The van der Waals surface area contributed by atoms with E-state index in [2.05, 4.69) is 21.2 Å². The summed E-state index contributed by atoms with van der Waals surface area (Å²) in [5.41, 5.74) is -0.835. The van der Waals surface area contributed by atoms with Crippen LogP contribution in [0.2, 0.25) is 0 Å². The third kappa shape index (κ3) is 3.12. The molecule has 1 N–H and O–H groups in total. The fourth-order valence-electron chi connectivity index (χ4n) is 2.09. The maximum atomic E-state index is 11.9. The van der Waals surface area contributed by atoms with Gasteiger partial charge in [-0.1, -0.05) is 15.9 Å². The number of hydrogen-bond acceptors (Lipinski definition) is 3. The Bertz CT molecular complexity index is 514. The molecule has 20 heavy (non-hydrogen) atoms. The van der Waals surface area contributed by atoms with E-state index < -0.39 is 5.54 Å². The van der Waals surface area contributed by atoms with Crippen molar-refractivity contribution >= 4 is 27.7 Å². The number of nitrogens with zero attached hydrogens (tertiary/aromatic N) is 1. The molecule has 0 aliphatic carbocycles. The van der Waals surface area contributed by atoms with Gasteiger partial charge in [-0.3, -0.25) is 9.59 Å². The van der Waals surface area contributed by atoms with Crippen molar-refractivity contribution in [3.05, 3.63) is 28.7 Å². The molecule has 1 aliphatic rings. The summed E-state index contributed by atoms with van der Waals surface area (Å²) in [6.45, 7) is 4.26. The monoisotopic (exact) mass is 340 g/mol. The molecule has 0 unspecified atom stereocenters. The van der Waals surface area contributed by atoms with Crippen LogP contribution in [-0.4, -0.2) is 41.9 Å². The maximum absolute atomic E-state index is 11.9. The van der Waals surface area contributed by atoms with Gasteiger partial charge in [0.2, 0.25) is 11.8 Å². The number of carbonyl (C=O) groups excluding carboxylic acids is 2. The van der Waals surface area contributed by atoms with E-state index in [4.69, 9.17) is 4.74 Å². The van der Waals surface area contributed by atoms with Gasteiger partial charge in [0, 0.05) is 4.47 Å². The van der Waals surface area contributed by atoms with E-state index in [0.717, 1.165) is 10.2 Å². The molecule has 108 valence electrons. The zero-order valence-corrected chi connectivity index (χ0v) is 13.1. The summed E-state index contributed by atoms with van der Waals surface area (Å²) in [6, 6.07) is 7.47. The lowest BCUT2D eigenvalue weighted by Gasteiger charge is -2.40. The predicted molar refractivity (Wildman–Crippen MR) is 78.4 cm³/mol. The van der Waals surface area contributed by atoms with Crippen molar-refractivity contribution < 1.29 is 14.3 Å². The minimum atomic E-state index is -0.835. The first-order chi connectivity index (χ1) is 9.41. The van der Waals surface area contributed by atoms with Crippen LogP contribution in [0.25, 0.3) is 0 Å². The van der Waals surface area contributed by atoms with Gasteiger partial charge in [-0.2, -0.15) is 0 Å². The van der Waals surface area contributed by atoms with E-state index in [9.17, 15) is 9.59 Å².